The van der Waals surface area contributed by atoms with Crippen molar-refractivity contribution in [3.63, 3.8) is 0 Å². The molecule has 0 spiro atoms. The Morgan fingerprint density at radius 1 is 1.08 bits per heavy atom. The van der Waals surface area contributed by atoms with Gasteiger partial charge in [0.2, 0.25) is 0 Å². The predicted molar refractivity (Wildman–Crippen MR) is 53.7 cm³/mol. The fraction of sp³-hybridized carbons (Fsp3) is 0.500. The summed E-state index contributed by atoms with van der Waals surface area (Å²) < 4.78 is 0. The van der Waals surface area contributed by atoms with Crippen LogP contribution in [0.2, 0.25) is 0 Å². The first-order valence-electron chi connectivity index (χ1n) is 5.09. The average Bonchev–Trinajstić information content (AvgIpc) is 2.19. The smallest absolute Gasteiger partial charge is 0.0546 e. The molecule has 0 aromatic heterocycles. The minimum Gasteiger partial charge on any atom is -0.393 e. The molecule has 1 nitrogen and oxygen atoms in total. The van der Waals surface area contributed by atoms with Gasteiger partial charge in [0.05, 0.1) is 6.10 Å². The Bertz CT molecular complexity index is 255. The lowest BCUT2D eigenvalue weighted by Gasteiger charge is -2.25. The van der Waals surface area contributed by atoms with E-state index in [2.05, 4.69) is 24.3 Å². The van der Waals surface area contributed by atoms with Crippen LogP contribution in [0.4, 0.5) is 0 Å². The highest BCUT2D eigenvalue weighted by Crippen LogP contribution is 2.32. The predicted octanol–water partition coefficient (Wildman–Crippen LogP) is 2.71. The maximum absolute atomic E-state index is 9.54. The van der Waals surface area contributed by atoms with E-state index in [0.29, 0.717) is 5.92 Å². The van der Waals surface area contributed by atoms with Gasteiger partial charge in [-0.2, -0.15) is 0 Å². The molecule has 1 aromatic carbocycles. The molecule has 2 atom stereocenters. The van der Waals surface area contributed by atoms with Crippen molar-refractivity contribution in [2.24, 2.45) is 0 Å². The molecule has 0 amide bonds. The second-order valence-electron chi connectivity index (χ2n) is 3.93. The van der Waals surface area contributed by atoms with Crippen LogP contribution in [0.1, 0.15) is 37.2 Å². The van der Waals surface area contributed by atoms with Crippen molar-refractivity contribution >= 4 is 0 Å². The normalized spacial score (nSPS) is 28.7. The van der Waals surface area contributed by atoms with Crippen molar-refractivity contribution in [1.82, 2.24) is 0 Å². The Hall–Kier alpha value is -0.820. The number of hydrogen-bond donors (Lipinski definition) is 1. The van der Waals surface area contributed by atoms with Crippen molar-refractivity contribution in [2.75, 3.05) is 0 Å². The zero-order chi connectivity index (χ0) is 9.10. The quantitative estimate of drug-likeness (QED) is 0.697. The third kappa shape index (κ3) is 2.10. The molecule has 2 rings (SSSR count). The Labute approximate surface area is 79.4 Å². The van der Waals surface area contributed by atoms with Crippen molar-refractivity contribution in [1.29, 1.82) is 0 Å². The molecule has 0 heterocycles. The lowest BCUT2D eigenvalue weighted by molar-refractivity contribution is 0.119. The van der Waals surface area contributed by atoms with Gasteiger partial charge >= 0.3 is 0 Å². The largest absolute Gasteiger partial charge is 0.393 e. The number of benzene rings is 1. The number of rotatable bonds is 1. The van der Waals surface area contributed by atoms with Gasteiger partial charge < -0.3 is 5.11 Å². The summed E-state index contributed by atoms with van der Waals surface area (Å²) >= 11 is 0. The third-order valence-corrected chi connectivity index (χ3v) is 2.92. The second-order valence-corrected chi connectivity index (χ2v) is 3.93. The maximum Gasteiger partial charge on any atom is 0.0546 e. The van der Waals surface area contributed by atoms with E-state index < -0.39 is 0 Å². The summed E-state index contributed by atoms with van der Waals surface area (Å²) in [6, 6.07) is 10.5. The topological polar surface area (TPSA) is 20.2 Å². The van der Waals surface area contributed by atoms with Gasteiger partial charge in [-0.1, -0.05) is 36.8 Å². The van der Waals surface area contributed by atoms with Crippen LogP contribution in [-0.2, 0) is 0 Å². The first kappa shape index (κ1) is 8.76. The van der Waals surface area contributed by atoms with Gasteiger partial charge in [-0.3, -0.25) is 0 Å². The molecule has 0 saturated heterocycles. The molecule has 1 aromatic rings. The van der Waals surface area contributed by atoms with Crippen LogP contribution in [0.15, 0.2) is 30.3 Å². The monoisotopic (exact) mass is 176 g/mol. The lowest BCUT2D eigenvalue weighted by atomic mass is 9.83. The molecule has 1 aliphatic rings. The SMILES string of the molecule is O[C@H]1CCC[C@H](c2ccccc2)C1. The van der Waals surface area contributed by atoms with E-state index in [0.717, 1.165) is 12.8 Å². The van der Waals surface area contributed by atoms with Crippen molar-refractivity contribution < 1.29 is 5.11 Å². The number of aliphatic hydroxyl groups excluding tert-OH is 1. The third-order valence-electron chi connectivity index (χ3n) is 2.92. The van der Waals surface area contributed by atoms with Crippen LogP contribution in [0.25, 0.3) is 0 Å². The molecule has 0 radical (unpaired) electrons. The van der Waals surface area contributed by atoms with Crippen LogP contribution in [0.3, 0.4) is 0 Å². The summed E-state index contributed by atoms with van der Waals surface area (Å²) in [5, 5.41) is 9.54. The first-order chi connectivity index (χ1) is 6.36. The molecule has 0 unspecified atom stereocenters. The maximum atomic E-state index is 9.54. The molecule has 1 aliphatic carbocycles. The summed E-state index contributed by atoms with van der Waals surface area (Å²) in [6.45, 7) is 0. The highest BCUT2D eigenvalue weighted by molar-refractivity contribution is 5.20. The van der Waals surface area contributed by atoms with Crippen LogP contribution in [0, 0.1) is 0 Å². The standard InChI is InChI=1S/C12H16O/c13-12-8-4-7-11(9-12)10-5-2-1-3-6-10/h1-3,5-6,11-13H,4,7-9H2/t11-,12-/m0/s1. The summed E-state index contributed by atoms with van der Waals surface area (Å²) in [7, 11) is 0. The lowest BCUT2D eigenvalue weighted by Crippen LogP contribution is -2.17. The van der Waals surface area contributed by atoms with E-state index in [4.69, 9.17) is 0 Å². The van der Waals surface area contributed by atoms with Gasteiger partial charge in [-0.15, -0.1) is 0 Å². The van der Waals surface area contributed by atoms with Gasteiger partial charge in [0, 0.05) is 0 Å². The van der Waals surface area contributed by atoms with E-state index >= 15 is 0 Å². The molecule has 70 valence electrons. The molecule has 1 heteroatoms. The highest BCUT2D eigenvalue weighted by Gasteiger charge is 2.20. The molecule has 0 aliphatic heterocycles. The Balaban J connectivity index is 2.08. The summed E-state index contributed by atoms with van der Waals surface area (Å²) in [5.74, 6) is 0.588. The van der Waals surface area contributed by atoms with Crippen LogP contribution in [-0.4, -0.2) is 11.2 Å². The van der Waals surface area contributed by atoms with Crippen molar-refractivity contribution in [3.05, 3.63) is 35.9 Å². The average molecular weight is 176 g/mol. The Morgan fingerprint density at radius 2 is 1.85 bits per heavy atom. The first-order valence-corrected chi connectivity index (χ1v) is 5.09. The molecular weight excluding hydrogens is 160 g/mol. The zero-order valence-corrected chi connectivity index (χ0v) is 7.82. The molecule has 13 heavy (non-hydrogen) atoms. The fourth-order valence-electron chi connectivity index (χ4n) is 2.19. The summed E-state index contributed by atoms with van der Waals surface area (Å²) in [6.07, 6.45) is 4.27. The molecule has 1 N–H and O–H groups in total. The van der Waals surface area contributed by atoms with Gasteiger partial charge in [0.15, 0.2) is 0 Å². The van der Waals surface area contributed by atoms with Crippen molar-refractivity contribution in [3.8, 4) is 0 Å². The molecular formula is C12H16O. The minimum absolute atomic E-state index is 0.0704. The summed E-state index contributed by atoms with van der Waals surface area (Å²) in [4.78, 5) is 0. The number of aliphatic hydroxyl groups is 1. The number of hydrogen-bond acceptors (Lipinski definition) is 1. The van der Waals surface area contributed by atoms with Crippen LogP contribution in [0.5, 0.6) is 0 Å². The van der Waals surface area contributed by atoms with Gasteiger partial charge in [0.1, 0.15) is 0 Å². The van der Waals surface area contributed by atoms with E-state index in [1.807, 2.05) is 6.07 Å². The highest BCUT2D eigenvalue weighted by atomic mass is 16.3. The minimum atomic E-state index is -0.0704. The van der Waals surface area contributed by atoms with E-state index in [1.54, 1.807) is 0 Å². The Kier molecular flexibility index (Phi) is 2.65. The molecule has 1 saturated carbocycles. The molecule has 0 bridgehead atoms. The van der Waals surface area contributed by atoms with Crippen molar-refractivity contribution in [2.45, 2.75) is 37.7 Å². The van der Waals surface area contributed by atoms with E-state index in [9.17, 15) is 5.11 Å². The van der Waals surface area contributed by atoms with E-state index in [-0.39, 0.29) is 6.10 Å². The second kappa shape index (κ2) is 3.93. The Morgan fingerprint density at radius 3 is 2.54 bits per heavy atom. The zero-order valence-electron chi connectivity index (χ0n) is 7.82. The summed E-state index contributed by atoms with van der Waals surface area (Å²) in [5.41, 5.74) is 1.39. The van der Waals surface area contributed by atoms with E-state index in [1.165, 1.54) is 18.4 Å². The van der Waals surface area contributed by atoms with Crippen LogP contribution < -0.4 is 0 Å². The molecule has 1 fully saturated rings. The fourth-order valence-corrected chi connectivity index (χ4v) is 2.19. The van der Waals surface area contributed by atoms with Crippen LogP contribution >= 0.6 is 0 Å². The van der Waals surface area contributed by atoms with Gasteiger partial charge in [0.25, 0.3) is 0 Å². The van der Waals surface area contributed by atoms with Gasteiger partial charge in [-0.25, -0.2) is 0 Å². The van der Waals surface area contributed by atoms with Gasteiger partial charge in [-0.05, 0) is 30.7 Å².